The molecule has 22 heteroatoms. The number of methoxy groups -OCH3 is 1. The van der Waals surface area contributed by atoms with Gasteiger partial charge >= 0.3 is 24.3 Å². The maximum Gasteiger partial charge on any atom is 0.508 e. The topological polar surface area (TPSA) is 264 Å². The summed E-state index contributed by atoms with van der Waals surface area (Å²) in [6.45, 7) is 12.3. The van der Waals surface area contributed by atoms with Crippen LogP contribution in [0.3, 0.4) is 0 Å². The summed E-state index contributed by atoms with van der Waals surface area (Å²) >= 11 is 0. The number of ether oxygens (including phenoxy) is 11. The molecule has 4 amide bonds. The maximum absolute atomic E-state index is 12.9. The first-order valence-corrected chi connectivity index (χ1v) is 18.6. The second kappa shape index (κ2) is 25.3. The Morgan fingerprint density at radius 2 is 1.51 bits per heavy atom. The van der Waals surface area contributed by atoms with Gasteiger partial charge in [0.2, 0.25) is 23.5 Å². The van der Waals surface area contributed by atoms with Gasteiger partial charge in [0.15, 0.2) is 12.2 Å². The van der Waals surface area contributed by atoms with Crippen LogP contribution in [0.4, 0.5) is 14.4 Å². The molecule has 22 nitrogen and oxygen atoms in total. The largest absolute Gasteiger partial charge is 0.508 e. The van der Waals surface area contributed by atoms with Crippen LogP contribution in [-0.2, 0) is 66.5 Å². The minimum atomic E-state index is -1.44. The summed E-state index contributed by atoms with van der Waals surface area (Å²) in [5.74, 6) is -0.767. The third kappa shape index (κ3) is 20.9. The Bertz CT molecular complexity index is 1520. The van der Waals surface area contributed by atoms with Crippen molar-refractivity contribution in [3.8, 4) is 12.3 Å². The van der Waals surface area contributed by atoms with Crippen LogP contribution < -0.4 is 21.3 Å². The predicted octanol–water partition coefficient (Wildman–Crippen LogP) is 0.457. The van der Waals surface area contributed by atoms with Crippen LogP contribution in [0.2, 0.25) is 0 Å². The number of alkyl carbamates (subject to hydrolysis) is 1. The first-order valence-electron chi connectivity index (χ1n) is 18.6. The third-order valence-electron chi connectivity index (χ3n) is 7.19. The molecule has 0 spiro atoms. The molecule has 2 rings (SSSR count). The normalized spacial score (nSPS) is 19.7. The van der Waals surface area contributed by atoms with Crippen LogP contribution in [0.1, 0.15) is 48.5 Å². The highest BCUT2D eigenvalue weighted by molar-refractivity contribution is 5.99. The molecular weight excluding hydrogens is 786 g/mol. The SMILES string of the molecule is C#CCOCCOCCOCCOCCNC(=O)CO[C@@H]([C@@H]1OC(C(=O)OC)=C[C@H](N/C(=N/C(=O)OC(C)(C)C)NC(=O)OC(C)(C)C)[C@H]1NC(C)=O)[C@H]1COC(=O)O1. The average molecular weight is 844 g/mol. The van der Waals surface area contributed by atoms with Crippen molar-refractivity contribution < 1.29 is 80.9 Å². The van der Waals surface area contributed by atoms with Crippen molar-refractivity contribution in [1.82, 2.24) is 21.3 Å². The zero-order chi connectivity index (χ0) is 44.0. The first kappa shape index (κ1) is 49.9. The fraction of sp³-hybridized carbons (Fsp3) is 0.703. The van der Waals surface area contributed by atoms with E-state index < -0.39 is 96.0 Å². The summed E-state index contributed by atoms with van der Waals surface area (Å²) in [5.41, 5.74) is -1.94. The fourth-order valence-electron chi connectivity index (χ4n) is 4.98. The van der Waals surface area contributed by atoms with E-state index in [9.17, 15) is 28.8 Å². The monoisotopic (exact) mass is 843 g/mol. The van der Waals surface area contributed by atoms with Crippen LogP contribution in [-0.4, -0.2) is 163 Å². The Morgan fingerprint density at radius 3 is 2.05 bits per heavy atom. The first-order chi connectivity index (χ1) is 27.8. The number of nitrogens with one attached hydrogen (secondary N) is 4. The molecule has 5 atom stereocenters. The van der Waals surface area contributed by atoms with Crippen molar-refractivity contribution in [2.75, 3.05) is 79.7 Å². The molecule has 59 heavy (non-hydrogen) atoms. The number of cyclic esters (lactones) is 2. The molecule has 2 aliphatic rings. The summed E-state index contributed by atoms with van der Waals surface area (Å²) in [4.78, 5) is 80.1. The van der Waals surface area contributed by atoms with Gasteiger partial charge in [-0.25, -0.2) is 19.2 Å². The van der Waals surface area contributed by atoms with Gasteiger partial charge in [-0.1, -0.05) is 5.92 Å². The molecule has 0 bridgehead atoms. The number of nitrogens with zero attached hydrogens (tertiary/aromatic N) is 1. The van der Waals surface area contributed by atoms with Crippen LogP contribution in [0.25, 0.3) is 0 Å². The fourth-order valence-corrected chi connectivity index (χ4v) is 4.98. The van der Waals surface area contributed by atoms with E-state index in [1.807, 2.05) is 0 Å². The molecule has 0 aromatic rings. The van der Waals surface area contributed by atoms with Gasteiger partial charge in [0, 0.05) is 13.5 Å². The van der Waals surface area contributed by atoms with E-state index in [0.717, 1.165) is 7.11 Å². The number of esters is 1. The molecule has 0 unspecified atom stereocenters. The Morgan fingerprint density at radius 1 is 0.898 bits per heavy atom. The zero-order valence-electron chi connectivity index (χ0n) is 34.7. The molecule has 0 aromatic carbocycles. The number of hydrogen-bond donors (Lipinski definition) is 4. The lowest BCUT2D eigenvalue weighted by Gasteiger charge is -2.41. The van der Waals surface area contributed by atoms with E-state index in [-0.39, 0.29) is 39.6 Å². The number of carbonyl (C=O) groups is 6. The molecule has 0 radical (unpaired) electrons. The van der Waals surface area contributed by atoms with Crippen LogP contribution >= 0.6 is 0 Å². The lowest BCUT2D eigenvalue weighted by molar-refractivity contribution is -0.155. The highest BCUT2D eigenvalue weighted by Gasteiger charge is 2.49. The van der Waals surface area contributed by atoms with Gasteiger partial charge in [-0.05, 0) is 47.6 Å². The number of guanidine groups is 1. The van der Waals surface area contributed by atoms with Gasteiger partial charge in [0.05, 0.1) is 65.4 Å². The summed E-state index contributed by atoms with van der Waals surface area (Å²) in [7, 11) is 1.09. The number of terminal acetylenes is 1. The third-order valence-corrected chi connectivity index (χ3v) is 7.19. The van der Waals surface area contributed by atoms with E-state index in [2.05, 4.69) is 32.2 Å². The van der Waals surface area contributed by atoms with E-state index in [1.165, 1.54) is 13.0 Å². The Kier molecular flexibility index (Phi) is 21.4. The molecule has 0 aromatic heterocycles. The average Bonchev–Trinajstić information content (AvgIpc) is 3.56. The predicted molar refractivity (Wildman–Crippen MR) is 204 cm³/mol. The summed E-state index contributed by atoms with van der Waals surface area (Å²) in [6, 6.07) is -2.51. The van der Waals surface area contributed by atoms with Crippen molar-refractivity contribution in [3.63, 3.8) is 0 Å². The highest BCUT2D eigenvalue weighted by Crippen LogP contribution is 2.28. The summed E-state index contributed by atoms with van der Waals surface area (Å²) in [5, 5.41) is 10.5. The molecule has 2 heterocycles. The minimum Gasteiger partial charge on any atom is -0.478 e. The van der Waals surface area contributed by atoms with Crippen LogP contribution in [0, 0.1) is 12.3 Å². The van der Waals surface area contributed by atoms with Crippen molar-refractivity contribution in [2.24, 2.45) is 4.99 Å². The number of aliphatic imine (C=N–C) groups is 1. The smallest absolute Gasteiger partial charge is 0.478 e. The Balaban J connectivity index is 2.23. The molecule has 1 saturated heterocycles. The number of carbonyl (C=O) groups excluding carboxylic acids is 6. The number of hydrogen-bond acceptors (Lipinski definition) is 17. The number of rotatable bonds is 21. The van der Waals surface area contributed by atoms with Crippen LogP contribution in [0.5, 0.6) is 0 Å². The standard InChI is InChI=1S/C37H57N5O17/c1-10-12-50-14-16-52-18-19-53-17-15-51-13-11-38-27(44)22-54-29(26-21-55-35(48)57-26)30-28(39-23(2)43)24(20-25(56-30)31(45)49-9)40-32(41-33(46)58-36(3,4)5)42-34(47)59-37(6,7)8/h1,20,24,26,28-30H,11-19,21-22H2,2-9H3,(H,38,44)(H,39,43)(H2,40,41,42,46,47)/t24-,26+,28+,29+,30+/m0/s1. The van der Waals surface area contributed by atoms with Crippen molar-refractivity contribution in [1.29, 1.82) is 0 Å². The lowest BCUT2D eigenvalue weighted by Crippen LogP contribution is -2.65. The molecule has 0 saturated carbocycles. The second-order valence-electron chi connectivity index (χ2n) is 14.5. The number of amides is 4. The van der Waals surface area contributed by atoms with Gasteiger partial charge in [0.25, 0.3) is 0 Å². The molecule has 4 N–H and O–H groups in total. The van der Waals surface area contributed by atoms with Crippen LogP contribution in [0.15, 0.2) is 16.8 Å². The summed E-state index contributed by atoms with van der Waals surface area (Å²) in [6.07, 6.45) is -0.958. The van der Waals surface area contributed by atoms with E-state index in [4.69, 9.17) is 58.5 Å². The Hall–Kier alpha value is -5.21. The van der Waals surface area contributed by atoms with Gasteiger partial charge in [0.1, 0.15) is 37.1 Å². The molecule has 1 fully saturated rings. The van der Waals surface area contributed by atoms with E-state index in [1.54, 1.807) is 41.5 Å². The molecular formula is C37H57N5O17. The van der Waals surface area contributed by atoms with Gasteiger partial charge in [-0.15, -0.1) is 11.4 Å². The van der Waals surface area contributed by atoms with Crippen molar-refractivity contribution in [2.45, 2.75) is 90.1 Å². The van der Waals surface area contributed by atoms with E-state index in [0.29, 0.717) is 26.4 Å². The molecule has 2 aliphatic heterocycles. The second-order valence-corrected chi connectivity index (χ2v) is 14.5. The maximum atomic E-state index is 12.9. The summed E-state index contributed by atoms with van der Waals surface area (Å²) < 4.78 is 59.2. The van der Waals surface area contributed by atoms with Gasteiger partial charge in [-0.2, -0.15) is 0 Å². The lowest BCUT2D eigenvalue weighted by atomic mass is 9.91. The highest BCUT2D eigenvalue weighted by atomic mass is 16.8. The zero-order valence-corrected chi connectivity index (χ0v) is 34.7. The van der Waals surface area contributed by atoms with E-state index >= 15 is 0 Å². The quantitative estimate of drug-likeness (QED) is 0.0305. The van der Waals surface area contributed by atoms with Crippen molar-refractivity contribution >= 4 is 42.1 Å². The molecule has 0 aliphatic carbocycles. The van der Waals surface area contributed by atoms with Crippen molar-refractivity contribution in [3.05, 3.63) is 11.8 Å². The Labute approximate surface area is 342 Å². The minimum absolute atomic E-state index is 0.0925. The molecule has 332 valence electrons. The van der Waals surface area contributed by atoms with Gasteiger partial charge in [-0.3, -0.25) is 14.9 Å². The van der Waals surface area contributed by atoms with Gasteiger partial charge < -0.3 is 68.1 Å².